The summed E-state index contributed by atoms with van der Waals surface area (Å²) in [5.74, 6) is 0. The van der Waals surface area contributed by atoms with Gasteiger partial charge in [-0.3, -0.25) is 0 Å². The van der Waals surface area contributed by atoms with Gasteiger partial charge in [0.1, 0.15) is 0 Å². The molecule has 132 valence electrons. The summed E-state index contributed by atoms with van der Waals surface area (Å²) in [4.78, 5) is 2.18. The van der Waals surface area contributed by atoms with Crippen LogP contribution in [0, 0.1) is 6.92 Å². The number of rotatable bonds is 5. The molecule has 2 aromatic rings. The van der Waals surface area contributed by atoms with Crippen LogP contribution in [0.3, 0.4) is 0 Å². The molecule has 5 heteroatoms. The van der Waals surface area contributed by atoms with Crippen LogP contribution in [-0.2, 0) is 11.3 Å². The van der Waals surface area contributed by atoms with Crippen LogP contribution < -0.4 is 5.32 Å². The molecule has 0 spiro atoms. The smallest absolute Gasteiger partial charge is 0.173 e. The fourth-order valence-electron chi connectivity index (χ4n) is 2.99. The second-order valence-corrected chi connectivity index (χ2v) is 7.26. The van der Waals surface area contributed by atoms with Crippen LogP contribution in [0.15, 0.2) is 48.5 Å². The maximum absolute atomic E-state index is 6.00. The number of hydrogen-bond donors (Lipinski definition) is 1. The average Bonchev–Trinajstić information content (AvgIpc) is 3.09. The van der Waals surface area contributed by atoms with Gasteiger partial charge in [0, 0.05) is 30.4 Å². The molecule has 1 aliphatic rings. The Morgan fingerprint density at radius 2 is 2.08 bits per heavy atom. The molecule has 0 radical (unpaired) electrons. The monoisotopic (exact) mass is 374 g/mol. The highest BCUT2D eigenvalue weighted by Crippen LogP contribution is 2.18. The molecule has 3 nitrogen and oxygen atoms in total. The molecule has 0 amide bonds. The van der Waals surface area contributed by atoms with Crippen molar-refractivity contribution in [2.75, 3.05) is 18.5 Å². The van der Waals surface area contributed by atoms with Crippen LogP contribution in [0.4, 0.5) is 5.69 Å². The van der Waals surface area contributed by atoms with Gasteiger partial charge in [-0.25, -0.2) is 0 Å². The van der Waals surface area contributed by atoms with Crippen molar-refractivity contribution in [1.29, 1.82) is 0 Å². The van der Waals surface area contributed by atoms with Gasteiger partial charge >= 0.3 is 0 Å². The van der Waals surface area contributed by atoms with E-state index in [2.05, 4.69) is 29.3 Å². The third-order valence-corrected chi connectivity index (χ3v) is 4.90. The predicted octanol–water partition coefficient (Wildman–Crippen LogP) is 5.03. The largest absolute Gasteiger partial charge is 0.376 e. The third-order valence-electron chi connectivity index (χ3n) is 4.29. The van der Waals surface area contributed by atoms with Crippen molar-refractivity contribution < 1.29 is 4.74 Å². The van der Waals surface area contributed by atoms with Crippen LogP contribution in [0.1, 0.15) is 24.0 Å². The Hall–Kier alpha value is -1.62. The van der Waals surface area contributed by atoms with Gasteiger partial charge in [-0.05, 0) is 67.4 Å². The number of nitrogens with one attached hydrogen (secondary N) is 1. The van der Waals surface area contributed by atoms with Gasteiger partial charge in [0.2, 0.25) is 0 Å². The fourth-order valence-corrected chi connectivity index (χ4v) is 3.37. The van der Waals surface area contributed by atoms with Gasteiger partial charge in [-0.1, -0.05) is 35.9 Å². The molecule has 2 aromatic carbocycles. The van der Waals surface area contributed by atoms with Crippen molar-refractivity contribution in [3.05, 3.63) is 64.7 Å². The molecule has 0 bridgehead atoms. The molecule has 1 fully saturated rings. The second-order valence-electron chi connectivity index (χ2n) is 6.44. The molecule has 0 aliphatic carbocycles. The van der Waals surface area contributed by atoms with E-state index in [-0.39, 0.29) is 6.10 Å². The van der Waals surface area contributed by atoms with Gasteiger partial charge in [0.25, 0.3) is 0 Å². The van der Waals surface area contributed by atoms with Crippen molar-refractivity contribution in [2.45, 2.75) is 32.4 Å². The summed E-state index contributed by atoms with van der Waals surface area (Å²) in [6, 6.07) is 16.2. The lowest BCUT2D eigenvalue weighted by Gasteiger charge is -2.28. The van der Waals surface area contributed by atoms with Crippen molar-refractivity contribution in [2.24, 2.45) is 0 Å². The summed E-state index contributed by atoms with van der Waals surface area (Å²) < 4.78 is 5.81. The lowest BCUT2D eigenvalue weighted by molar-refractivity contribution is 0.0905. The Bertz CT molecular complexity index is 714. The van der Waals surface area contributed by atoms with Gasteiger partial charge in [0.05, 0.1) is 6.10 Å². The zero-order valence-electron chi connectivity index (χ0n) is 14.4. The molecule has 1 atom stereocenters. The van der Waals surface area contributed by atoms with Crippen LogP contribution in [-0.4, -0.2) is 29.3 Å². The zero-order valence-corrected chi connectivity index (χ0v) is 15.9. The number of benzene rings is 2. The molecule has 0 aromatic heterocycles. The Morgan fingerprint density at radius 3 is 2.76 bits per heavy atom. The number of anilines is 1. The van der Waals surface area contributed by atoms with Crippen LogP contribution >= 0.6 is 23.8 Å². The Morgan fingerprint density at radius 1 is 1.28 bits per heavy atom. The van der Waals surface area contributed by atoms with E-state index in [1.54, 1.807) is 0 Å². The lowest BCUT2D eigenvalue weighted by Crippen LogP contribution is -2.39. The number of halogens is 1. The Kier molecular flexibility index (Phi) is 6.29. The van der Waals surface area contributed by atoms with E-state index < -0.39 is 0 Å². The van der Waals surface area contributed by atoms with Crippen molar-refractivity contribution in [3.63, 3.8) is 0 Å². The minimum atomic E-state index is 0.240. The van der Waals surface area contributed by atoms with E-state index in [0.29, 0.717) is 0 Å². The molecule has 0 saturated carbocycles. The topological polar surface area (TPSA) is 24.5 Å². The quantitative estimate of drug-likeness (QED) is 0.742. The number of hydrogen-bond acceptors (Lipinski definition) is 2. The minimum Gasteiger partial charge on any atom is -0.376 e. The average molecular weight is 375 g/mol. The molecule has 1 N–H and O–H groups in total. The lowest BCUT2D eigenvalue weighted by atomic mass is 10.2. The summed E-state index contributed by atoms with van der Waals surface area (Å²) >= 11 is 11.7. The predicted molar refractivity (Wildman–Crippen MR) is 108 cm³/mol. The summed E-state index contributed by atoms with van der Waals surface area (Å²) in [5, 5.41) is 4.83. The molecule has 25 heavy (non-hydrogen) atoms. The summed E-state index contributed by atoms with van der Waals surface area (Å²) in [5.41, 5.74) is 3.39. The van der Waals surface area contributed by atoms with Gasteiger partial charge in [-0.15, -0.1) is 0 Å². The molecule has 1 unspecified atom stereocenters. The maximum atomic E-state index is 6.00. The van der Waals surface area contributed by atoms with Crippen LogP contribution in [0.5, 0.6) is 0 Å². The van der Waals surface area contributed by atoms with Crippen molar-refractivity contribution >= 4 is 34.6 Å². The first kappa shape index (κ1) is 18.2. The van der Waals surface area contributed by atoms with Crippen molar-refractivity contribution in [3.8, 4) is 0 Å². The maximum Gasteiger partial charge on any atom is 0.173 e. The second kappa shape index (κ2) is 8.65. The Labute approximate surface area is 159 Å². The first-order valence-electron chi connectivity index (χ1n) is 8.59. The van der Waals surface area contributed by atoms with E-state index in [0.717, 1.165) is 48.4 Å². The summed E-state index contributed by atoms with van der Waals surface area (Å²) in [6.45, 7) is 4.44. The zero-order chi connectivity index (χ0) is 17.6. The first-order valence-corrected chi connectivity index (χ1v) is 9.37. The highest BCUT2D eigenvalue weighted by atomic mass is 35.5. The molecule has 1 saturated heterocycles. The van der Waals surface area contributed by atoms with E-state index >= 15 is 0 Å². The minimum absolute atomic E-state index is 0.240. The first-order chi connectivity index (χ1) is 12.1. The molecule has 1 aliphatic heterocycles. The standard InChI is InChI=1S/C20H23ClN2OS/c1-15-4-2-5-18(12-15)22-20(25)23(14-19-6-3-11-24-19)13-16-7-9-17(21)10-8-16/h2,4-5,7-10,12,19H,3,6,11,13-14H2,1H3,(H,22,25). The van der Waals surface area contributed by atoms with Gasteiger partial charge in [-0.2, -0.15) is 0 Å². The highest BCUT2D eigenvalue weighted by molar-refractivity contribution is 7.80. The van der Waals surface area contributed by atoms with E-state index in [9.17, 15) is 0 Å². The fraction of sp³-hybridized carbons (Fsp3) is 0.350. The van der Waals surface area contributed by atoms with Gasteiger partial charge < -0.3 is 15.0 Å². The highest BCUT2D eigenvalue weighted by Gasteiger charge is 2.21. The summed E-state index contributed by atoms with van der Waals surface area (Å²) in [7, 11) is 0. The molecular weight excluding hydrogens is 352 g/mol. The van der Waals surface area contributed by atoms with Crippen LogP contribution in [0.2, 0.25) is 5.02 Å². The molecular formula is C20H23ClN2OS. The van der Waals surface area contributed by atoms with Crippen LogP contribution in [0.25, 0.3) is 0 Å². The molecule has 3 rings (SSSR count). The number of ether oxygens (including phenoxy) is 1. The third kappa shape index (κ3) is 5.43. The number of nitrogens with zero attached hydrogens (tertiary/aromatic N) is 1. The summed E-state index contributed by atoms with van der Waals surface area (Å²) in [6.07, 6.45) is 2.45. The molecule has 1 heterocycles. The van der Waals surface area contributed by atoms with Crippen molar-refractivity contribution in [1.82, 2.24) is 4.90 Å². The normalized spacial score (nSPS) is 16.6. The number of aryl methyl sites for hydroxylation is 1. The van der Waals surface area contributed by atoms with E-state index in [4.69, 9.17) is 28.6 Å². The van der Waals surface area contributed by atoms with E-state index in [1.165, 1.54) is 11.1 Å². The number of thiocarbonyl (C=S) groups is 1. The van der Waals surface area contributed by atoms with E-state index in [1.807, 2.05) is 36.4 Å². The SMILES string of the molecule is Cc1cccc(NC(=S)N(Cc2ccc(Cl)cc2)CC2CCCO2)c1. The Balaban J connectivity index is 1.71. The van der Waals surface area contributed by atoms with Gasteiger partial charge in [0.15, 0.2) is 5.11 Å².